The van der Waals surface area contributed by atoms with Gasteiger partial charge in [-0.2, -0.15) is 5.10 Å². The summed E-state index contributed by atoms with van der Waals surface area (Å²) in [4.78, 5) is 26.3. The Morgan fingerprint density at radius 1 is 1.09 bits per heavy atom. The van der Waals surface area contributed by atoms with E-state index in [4.69, 9.17) is 0 Å². The van der Waals surface area contributed by atoms with Gasteiger partial charge in [0.1, 0.15) is 5.82 Å². The monoisotopic (exact) mass is 487 g/mol. The van der Waals surface area contributed by atoms with Crippen LogP contribution in [-0.4, -0.2) is 40.6 Å². The molecule has 0 aliphatic carbocycles. The van der Waals surface area contributed by atoms with Crippen molar-refractivity contribution in [1.82, 2.24) is 28.9 Å². The number of aromatic nitrogens is 6. The molecule has 0 radical (unpaired) electrons. The van der Waals surface area contributed by atoms with E-state index in [1.807, 2.05) is 68.5 Å². The topological polar surface area (TPSA) is 99.1 Å². The number of hydrogen-bond acceptors (Lipinski definition) is 6. The molecule has 2 aromatic carbocycles. The molecule has 0 saturated carbocycles. The number of thioether (sulfide) groups is 1. The van der Waals surface area contributed by atoms with Crippen molar-refractivity contribution in [2.75, 3.05) is 11.1 Å². The lowest BCUT2D eigenvalue weighted by molar-refractivity contribution is -0.113. The Bertz CT molecular complexity index is 1630. The van der Waals surface area contributed by atoms with Crippen molar-refractivity contribution in [3.8, 4) is 5.69 Å². The summed E-state index contributed by atoms with van der Waals surface area (Å²) in [6.07, 6.45) is 1.66. The quantitative estimate of drug-likeness (QED) is 0.361. The molecule has 0 saturated heterocycles. The van der Waals surface area contributed by atoms with Gasteiger partial charge in [-0.3, -0.25) is 14.0 Å². The molecular formula is C25H25N7O2S. The predicted molar refractivity (Wildman–Crippen MR) is 138 cm³/mol. The molecule has 5 aromatic rings. The molecule has 1 N–H and O–H groups in total. The van der Waals surface area contributed by atoms with Crippen molar-refractivity contribution in [2.24, 2.45) is 0 Å². The summed E-state index contributed by atoms with van der Waals surface area (Å²) in [5, 5.41) is 17.0. The average molecular weight is 488 g/mol. The molecule has 0 fully saturated rings. The second-order valence-electron chi connectivity index (χ2n) is 8.66. The Hall–Kier alpha value is -3.92. The highest BCUT2D eigenvalue weighted by atomic mass is 32.2. The highest BCUT2D eigenvalue weighted by Gasteiger charge is 2.20. The minimum atomic E-state index is -0.179. The second-order valence-corrected chi connectivity index (χ2v) is 9.60. The summed E-state index contributed by atoms with van der Waals surface area (Å²) in [5.41, 5.74) is 3.28. The van der Waals surface area contributed by atoms with Crippen LogP contribution in [0.25, 0.3) is 22.4 Å². The normalized spacial score (nSPS) is 11.6. The van der Waals surface area contributed by atoms with Crippen LogP contribution in [0.15, 0.2) is 64.7 Å². The van der Waals surface area contributed by atoms with E-state index in [1.165, 1.54) is 11.8 Å². The number of para-hydroxylation sites is 1. The molecule has 0 bridgehead atoms. The van der Waals surface area contributed by atoms with E-state index in [1.54, 1.807) is 27.6 Å². The van der Waals surface area contributed by atoms with Crippen molar-refractivity contribution in [1.29, 1.82) is 0 Å². The fourth-order valence-corrected chi connectivity index (χ4v) is 4.82. The Morgan fingerprint density at radius 2 is 1.89 bits per heavy atom. The van der Waals surface area contributed by atoms with Gasteiger partial charge in [0.2, 0.25) is 11.7 Å². The number of anilines is 1. The number of nitrogens with zero attached hydrogens (tertiary/aromatic N) is 6. The third-order valence-corrected chi connectivity index (χ3v) is 6.69. The minimum Gasteiger partial charge on any atom is -0.310 e. The van der Waals surface area contributed by atoms with E-state index < -0.39 is 0 Å². The molecule has 0 unspecified atom stereocenters. The van der Waals surface area contributed by atoms with E-state index >= 15 is 0 Å². The Kier molecular flexibility index (Phi) is 5.89. The van der Waals surface area contributed by atoms with Crippen LogP contribution in [0.1, 0.15) is 31.0 Å². The van der Waals surface area contributed by atoms with Gasteiger partial charge in [-0.25, -0.2) is 9.25 Å². The van der Waals surface area contributed by atoms with Gasteiger partial charge in [0.25, 0.3) is 5.56 Å². The fraction of sp³-hybridized carbons (Fsp3) is 0.240. The highest BCUT2D eigenvalue weighted by Crippen LogP contribution is 2.25. The largest absolute Gasteiger partial charge is 0.310 e. The molecular weight excluding hydrogens is 462 g/mol. The molecule has 3 heterocycles. The van der Waals surface area contributed by atoms with Gasteiger partial charge >= 0.3 is 0 Å². The maximum absolute atomic E-state index is 13.5. The van der Waals surface area contributed by atoms with Gasteiger partial charge in [-0.05, 0) is 57.0 Å². The van der Waals surface area contributed by atoms with Crippen molar-refractivity contribution in [3.05, 3.63) is 76.2 Å². The summed E-state index contributed by atoms with van der Waals surface area (Å²) in [6, 6.07) is 15.2. The Labute approximate surface area is 205 Å². The molecule has 0 spiro atoms. The molecule has 9 nitrogen and oxygen atoms in total. The van der Waals surface area contributed by atoms with Crippen LogP contribution >= 0.6 is 11.8 Å². The molecule has 35 heavy (non-hydrogen) atoms. The number of hydrogen-bond donors (Lipinski definition) is 1. The number of carbonyl (C=O) groups excluding carboxylic acids is 1. The molecule has 0 aliphatic rings. The molecule has 3 aromatic heterocycles. The molecule has 1 amide bonds. The van der Waals surface area contributed by atoms with Crippen LogP contribution in [0.2, 0.25) is 0 Å². The SMILES string of the molecule is Cc1ccc(C)c(-n2c(=O)c3ccccc3n3c(SCC(=O)Nc4ccnn4C(C)C)nnc23)c1. The summed E-state index contributed by atoms with van der Waals surface area (Å²) in [5.74, 6) is 0.997. The number of amides is 1. The van der Waals surface area contributed by atoms with Crippen LogP contribution < -0.4 is 10.9 Å². The smallest absolute Gasteiger partial charge is 0.267 e. The Morgan fingerprint density at radius 3 is 2.69 bits per heavy atom. The highest BCUT2D eigenvalue weighted by molar-refractivity contribution is 7.99. The lowest BCUT2D eigenvalue weighted by Crippen LogP contribution is -2.22. The van der Waals surface area contributed by atoms with Crippen molar-refractivity contribution >= 4 is 40.2 Å². The van der Waals surface area contributed by atoms with Crippen molar-refractivity contribution in [2.45, 2.75) is 38.9 Å². The van der Waals surface area contributed by atoms with E-state index in [-0.39, 0.29) is 23.3 Å². The zero-order chi connectivity index (χ0) is 24.7. The number of benzene rings is 2. The number of aryl methyl sites for hydroxylation is 2. The first-order valence-corrected chi connectivity index (χ1v) is 12.3. The zero-order valence-corrected chi connectivity index (χ0v) is 20.7. The van der Waals surface area contributed by atoms with E-state index in [2.05, 4.69) is 20.6 Å². The van der Waals surface area contributed by atoms with E-state index in [0.29, 0.717) is 27.7 Å². The number of nitrogens with one attached hydrogen (secondary N) is 1. The molecule has 10 heteroatoms. The van der Waals surface area contributed by atoms with Crippen LogP contribution in [0.5, 0.6) is 0 Å². The fourth-order valence-electron chi connectivity index (χ4n) is 4.08. The standard InChI is InChI=1S/C25H25N7O2S/c1-15(2)32-21(11-12-26-32)27-22(33)14-35-25-29-28-24-30(20-13-16(3)9-10-17(20)4)23(34)18-7-5-6-8-19(18)31(24)25/h5-13,15H,14H2,1-4H3,(H,27,33). The summed E-state index contributed by atoms with van der Waals surface area (Å²) in [7, 11) is 0. The molecule has 178 valence electrons. The summed E-state index contributed by atoms with van der Waals surface area (Å²) >= 11 is 1.26. The molecule has 0 atom stereocenters. The van der Waals surface area contributed by atoms with E-state index in [9.17, 15) is 9.59 Å². The molecule has 0 aliphatic heterocycles. The van der Waals surface area contributed by atoms with Gasteiger partial charge in [0.05, 0.1) is 28.5 Å². The van der Waals surface area contributed by atoms with E-state index in [0.717, 1.165) is 16.8 Å². The summed E-state index contributed by atoms with van der Waals surface area (Å²) in [6.45, 7) is 7.95. The second kappa shape index (κ2) is 9.03. The van der Waals surface area contributed by atoms with Gasteiger partial charge < -0.3 is 5.32 Å². The van der Waals surface area contributed by atoms with Gasteiger partial charge in [-0.1, -0.05) is 36.0 Å². The van der Waals surface area contributed by atoms with Crippen LogP contribution in [0.3, 0.4) is 0 Å². The van der Waals surface area contributed by atoms with Crippen molar-refractivity contribution < 1.29 is 4.79 Å². The van der Waals surface area contributed by atoms with Gasteiger partial charge in [0, 0.05) is 12.1 Å². The van der Waals surface area contributed by atoms with Crippen LogP contribution in [-0.2, 0) is 4.79 Å². The maximum atomic E-state index is 13.5. The van der Waals surface area contributed by atoms with Crippen LogP contribution in [0.4, 0.5) is 5.82 Å². The average Bonchev–Trinajstić information content (AvgIpc) is 3.47. The van der Waals surface area contributed by atoms with Crippen molar-refractivity contribution in [3.63, 3.8) is 0 Å². The third-order valence-electron chi connectivity index (χ3n) is 5.76. The van der Waals surface area contributed by atoms with Gasteiger partial charge in [-0.15, -0.1) is 10.2 Å². The van der Waals surface area contributed by atoms with Gasteiger partial charge in [0.15, 0.2) is 5.16 Å². The van der Waals surface area contributed by atoms with Crippen LogP contribution in [0, 0.1) is 13.8 Å². The Balaban J connectivity index is 1.56. The first kappa shape index (κ1) is 22.9. The maximum Gasteiger partial charge on any atom is 0.267 e. The first-order chi connectivity index (χ1) is 16.8. The zero-order valence-electron chi connectivity index (χ0n) is 19.9. The third kappa shape index (κ3) is 4.10. The first-order valence-electron chi connectivity index (χ1n) is 11.3. The number of carbonyl (C=O) groups is 1. The lowest BCUT2D eigenvalue weighted by atomic mass is 10.1. The lowest BCUT2D eigenvalue weighted by Gasteiger charge is -2.14. The number of fused-ring (bicyclic) bond motifs is 3. The molecule has 5 rings (SSSR count). The summed E-state index contributed by atoms with van der Waals surface area (Å²) < 4.78 is 5.20. The minimum absolute atomic E-state index is 0.126. The number of rotatable bonds is 6. The predicted octanol–water partition coefficient (Wildman–Crippen LogP) is 4.16.